The van der Waals surface area contributed by atoms with Crippen LogP contribution in [0.4, 0.5) is 10.8 Å². The smallest absolute Gasteiger partial charge is 0.410 e. The molecule has 10 heteroatoms. The van der Waals surface area contributed by atoms with Gasteiger partial charge in [-0.1, -0.05) is 16.8 Å². The van der Waals surface area contributed by atoms with Gasteiger partial charge in [-0.25, -0.2) is 4.79 Å². The van der Waals surface area contributed by atoms with Crippen LogP contribution in [0, 0.1) is 11.8 Å². The third-order valence-electron chi connectivity index (χ3n) is 6.16. The van der Waals surface area contributed by atoms with Crippen LogP contribution in [-0.2, 0) is 9.53 Å². The molecule has 0 bridgehead atoms. The molecule has 0 radical (unpaired) electrons. The molecule has 9 nitrogen and oxygen atoms in total. The van der Waals surface area contributed by atoms with Crippen LogP contribution < -0.4 is 10.2 Å². The van der Waals surface area contributed by atoms with Crippen LogP contribution in [0.2, 0.25) is 5.02 Å². The molecule has 2 aromatic rings. The number of piperidine rings is 1. The van der Waals surface area contributed by atoms with Crippen LogP contribution in [-0.4, -0.2) is 65.4 Å². The molecular weight excluding hydrogens is 458 g/mol. The first-order valence-corrected chi connectivity index (χ1v) is 12.2. The summed E-state index contributed by atoms with van der Waals surface area (Å²) in [6.45, 7) is 8.79. The lowest BCUT2D eigenvalue weighted by molar-refractivity contribution is -0.125. The standard InChI is InChI=1S/C24H32ClN5O4/c1-24(2,3)33-23(32)30-11-8-16(15-30)14-26-21(31)18-9-12-29(13-10-18)22-27-20(28-34-22)17-4-6-19(25)7-5-17/h4-7,16,18H,8-15H2,1-3H3,(H,26,31)/t16-/m0/s1. The lowest BCUT2D eigenvalue weighted by Gasteiger charge is -2.30. The van der Waals surface area contributed by atoms with Gasteiger partial charge < -0.3 is 24.4 Å². The summed E-state index contributed by atoms with van der Waals surface area (Å²) in [7, 11) is 0. The monoisotopic (exact) mass is 489 g/mol. The summed E-state index contributed by atoms with van der Waals surface area (Å²) in [5, 5.41) is 7.81. The van der Waals surface area contributed by atoms with E-state index in [0.717, 1.165) is 24.8 Å². The number of hydrogen-bond acceptors (Lipinski definition) is 7. The van der Waals surface area contributed by atoms with E-state index >= 15 is 0 Å². The van der Waals surface area contributed by atoms with Gasteiger partial charge in [0.05, 0.1) is 0 Å². The minimum Gasteiger partial charge on any atom is -0.444 e. The Morgan fingerprint density at radius 3 is 2.53 bits per heavy atom. The zero-order chi connectivity index (χ0) is 24.3. The van der Waals surface area contributed by atoms with E-state index in [1.54, 1.807) is 17.0 Å². The number of halogens is 1. The van der Waals surface area contributed by atoms with Crippen LogP contribution >= 0.6 is 11.6 Å². The highest BCUT2D eigenvalue weighted by Crippen LogP contribution is 2.26. The van der Waals surface area contributed by atoms with Gasteiger partial charge in [-0.2, -0.15) is 4.98 Å². The number of carbonyl (C=O) groups is 2. The van der Waals surface area contributed by atoms with Gasteiger partial charge in [0.15, 0.2) is 0 Å². The zero-order valence-electron chi connectivity index (χ0n) is 19.9. The number of amides is 2. The number of nitrogens with zero attached hydrogens (tertiary/aromatic N) is 4. The van der Waals surface area contributed by atoms with Crippen molar-refractivity contribution in [1.29, 1.82) is 0 Å². The molecule has 1 N–H and O–H groups in total. The molecule has 1 atom stereocenters. The predicted octanol–water partition coefficient (Wildman–Crippen LogP) is 3.98. The highest BCUT2D eigenvalue weighted by molar-refractivity contribution is 6.30. The van der Waals surface area contributed by atoms with Crippen molar-refractivity contribution in [2.45, 2.75) is 45.6 Å². The van der Waals surface area contributed by atoms with E-state index in [1.807, 2.05) is 37.8 Å². The maximum Gasteiger partial charge on any atom is 0.410 e. The molecule has 1 aromatic heterocycles. The summed E-state index contributed by atoms with van der Waals surface area (Å²) in [4.78, 5) is 33.2. The molecular formula is C24H32ClN5O4. The second-order valence-electron chi connectivity index (χ2n) is 9.99. The molecule has 1 aromatic carbocycles. The summed E-state index contributed by atoms with van der Waals surface area (Å²) >= 11 is 5.94. The molecule has 2 fully saturated rings. The maximum absolute atomic E-state index is 12.7. The first-order chi connectivity index (χ1) is 16.2. The molecule has 3 heterocycles. The van der Waals surface area contributed by atoms with Gasteiger partial charge in [-0.05, 0) is 70.2 Å². The highest BCUT2D eigenvalue weighted by atomic mass is 35.5. The van der Waals surface area contributed by atoms with E-state index in [9.17, 15) is 9.59 Å². The average Bonchev–Trinajstić information content (AvgIpc) is 3.47. The number of hydrogen-bond donors (Lipinski definition) is 1. The van der Waals surface area contributed by atoms with Gasteiger partial charge in [0.2, 0.25) is 11.7 Å². The number of nitrogens with one attached hydrogen (secondary N) is 1. The Labute approximate surface area is 204 Å². The molecule has 2 amide bonds. The van der Waals surface area contributed by atoms with Crippen molar-refractivity contribution in [3.05, 3.63) is 29.3 Å². The van der Waals surface area contributed by atoms with Crippen molar-refractivity contribution in [2.24, 2.45) is 11.8 Å². The van der Waals surface area contributed by atoms with E-state index in [-0.39, 0.29) is 23.8 Å². The van der Waals surface area contributed by atoms with Gasteiger partial charge in [-0.15, -0.1) is 0 Å². The predicted molar refractivity (Wildman–Crippen MR) is 129 cm³/mol. The fraction of sp³-hybridized carbons (Fsp3) is 0.583. The van der Waals surface area contributed by atoms with E-state index in [4.69, 9.17) is 20.9 Å². The molecule has 2 saturated heterocycles. The Bertz CT molecular complexity index is 996. The minimum atomic E-state index is -0.503. The Balaban J connectivity index is 1.20. The van der Waals surface area contributed by atoms with Crippen molar-refractivity contribution >= 4 is 29.6 Å². The largest absolute Gasteiger partial charge is 0.444 e. The van der Waals surface area contributed by atoms with Gasteiger partial charge in [0, 0.05) is 49.2 Å². The molecule has 2 aliphatic rings. The van der Waals surface area contributed by atoms with Crippen LogP contribution in [0.15, 0.2) is 28.8 Å². The zero-order valence-corrected chi connectivity index (χ0v) is 20.7. The number of carbonyl (C=O) groups excluding carboxylic acids is 2. The first kappa shape index (κ1) is 24.3. The molecule has 184 valence electrons. The fourth-order valence-electron chi connectivity index (χ4n) is 4.27. The van der Waals surface area contributed by atoms with Gasteiger partial charge >= 0.3 is 12.1 Å². The van der Waals surface area contributed by atoms with E-state index < -0.39 is 5.60 Å². The fourth-order valence-corrected chi connectivity index (χ4v) is 4.40. The number of rotatable bonds is 5. The summed E-state index contributed by atoms with van der Waals surface area (Å²) in [5.41, 5.74) is 0.336. The number of aromatic nitrogens is 2. The highest BCUT2D eigenvalue weighted by Gasteiger charge is 2.31. The Hall–Kier alpha value is -2.81. The Morgan fingerprint density at radius 2 is 1.85 bits per heavy atom. The van der Waals surface area contributed by atoms with E-state index in [2.05, 4.69) is 15.5 Å². The molecule has 0 spiro atoms. The van der Waals surface area contributed by atoms with Crippen molar-refractivity contribution < 1.29 is 18.8 Å². The van der Waals surface area contributed by atoms with Crippen LogP contribution in [0.1, 0.15) is 40.0 Å². The SMILES string of the molecule is CC(C)(C)OC(=O)N1CC[C@@H](CNC(=O)C2CCN(c3nc(-c4ccc(Cl)cc4)no3)CC2)C1. The van der Waals surface area contributed by atoms with Crippen molar-refractivity contribution in [3.63, 3.8) is 0 Å². The maximum atomic E-state index is 12.7. The summed E-state index contributed by atoms with van der Waals surface area (Å²) in [6.07, 6.45) is 2.03. The summed E-state index contributed by atoms with van der Waals surface area (Å²) in [5.74, 6) is 0.797. The lowest BCUT2D eigenvalue weighted by atomic mass is 9.96. The molecule has 34 heavy (non-hydrogen) atoms. The Morgan fingerprint density at radius 1 is 1.15 bits per heavy atom. The average molecular weight is 490 g/mol. The Kier molecular flexibility index (Phi) is 7.30. The summed E-state index contributed by atoms with van der Waals surface area (Å²) < 4.78 is 10.9. The van der Waals surface area contributed by atoms with Crippen molar-refractivity contribution in [2.75, 3.05) is 37.6 Å². The number of benzene rings is 1. The van der Waals surface area contributed by atoms with E-state index in [1.165, 1.54) is 0 Å². The van der Waals surface area contributed by atoms with Gasteiger partial charge in [0.1, 0.15) is 5.60 Å². The molecule has 2 aliphatic heterocycles. The van der Waals surface area contributed by atoms with Crippen LogP contribution in [0.25, 0.3) is 11.4 Å². The molecule has 0 unspecified atom stereocenters. The van der Waals surface area contributed by atoms with Crippen molar-refractivity contribution in [1.82, 2.24) is 20.4 Å². The molecule has 4 rings (SSSR count). The third-order valence-corrected chi connectivity index (χ3v) is 6.41. The van der Waals surface area contributed by atoms with Crippen molar-refractivity contribution in [3.8, 4) is 11.4 Å². The third kappa shape index (κ3) is 6.20. The molecule has 0 aliphatic carbocycles. The first-order valence-electron chi connectivity index (χ1n) is 11.8. The number of anilines is 1. The second kappa shape index (κ2) is 10.2. The topological polar surface area (TPSA) is 101 Å². The van der Waals surface area contributed by atoms with Gasteiger partial charge in [-0.3, -0.25) is 4.79 Å². The van der Waals surface area contributed by atoms with Gasteiger partial charge in [0.25, 0.3) is 0 Å². The van der Waals surface area contributed by atoms with E-state index in [0.29, 0.717) is 49.6 Å². The number of ether oxygens (including phenoxy) is 1. The lowest BCUT2D eigenvalue weighted by Crippen LogP contribution is -2.42. The molecule has 0 saturated carbocycles. The normalized spacial score (nSPS) is 19.4. The van der Waals surface area contributed by atoms with Crippen LogP contribution in [0.3, 0.4) is 0 Å². The number of likely N-dealkylation sites (tertiary alicyclic amines) is 1. The second-order valence-corrected chi connectivity index (χ2v) is 10.4. The summed E-state index contributed by atoms with van der Waals surface area (Å²) in [6, 6.07) is 7.75. The quantitative estimate of drug-likeness (QED) is 0.677. The van der Waals surface area contributed by atoms with Crippen LogP contribution in [0.5, 0.6) is 0 Å². The minimum absolute atomic E-state index is 0.0433.